The Morgan fingerprint density at radius 1 is 1.42 bits per heavy atom. The number of nitrogens with zero attached hydrogens (tertiary/aromatic N) is 1. The Bertz CT molecular complexity index is 551. The summed E-state index contributed by atoms with van der Waals surface area (Å²) in [5.41, 5.74) is -0.405. The van der Waals surface area contributed by atoms with E-state index in [-0.39, 0.29) is 4.90 Å². The van der Waals surface area contributed by atoms with Gasteiger partial charge in [-0.05, 0) is 51.7 Å². The van der Waals surface area contributed by atoms with Crippen LogP contribution in [0.1, 0.15) is 33.6 Å². The molecular weight excluding hydrogens is 262 g/mol. The Balaban J connectivity index is 2.28. The SMILES string of the molecule is CCNc1ncccc1S(=O)(=O)NC(C)(C)C1CC1. The predicted octanol–water partition coefficient (Wildman–Crippen LogP) is 1.98. The van der Waals surface area contributed by atoms with E-state index in [0.29, 0.717) is 18.3 Å². The van der Waals surface area contributed by atoms with Crippen LogP contribution >= 0.6 is 0 Å². The number of sulfonamides is 1. The molecule has 0 unspecified atom stereocenters. The molecule has 6 heteroatoms. The van der Waals surface area contributed by atoms with Crippen LogP contribution in [0, 0.1) is 5.92 Å². The molecule has 1 saturated carbocycles. The highest BCUT2D eigenvalue weighted by atomic mass is 32.2. The van der Waals surface area contributed by atoms with Crippen LogP contribution < -0.4 is 10.0 Å². The van der Waals surface area contributed by atoms with Gasteiger partial charge in [0, 0.05) is 18.3 Å². The first-order valence-electron chi connectivity index (χ1n) is 6.59. The van der Waals surface area contributed by atoms with Crippen LogP contribution in [0.15, 0.2) is 23.2 Å². The maximum Gasteiger partial charge on any atom is 0.244 e. The lowest BCUT2D eigenvalue weighted by Crippen LogP contribution is -2.45. The summed E-state index contributed by atoms with van der Waals surface area (Å²) in [5, 5.41) is 2.98. The van der Waals surface area contributed by atoms with E-state index in [1.165, 1.54) is 0 Å². The molecule has 19 heavy (non-hydrogen) atoms. The molecule has 2 N–H and O–H groups in total. The van der Waals surface area contributed by atoms with Crippen LogP contribution in [0.3, 0.4) is 0 Å². The van der Waals surface area contributed by atoms with E-state index in [2.05, 4.69) is 15.0 Å². The summed E-state index contributed by atoms with van der Waals surface area (Å²) in [6.45, 7) is 6.41. The minimum absolute atomic E-state index is 0.213. The Labute approximate surface area is 114 Å². The molecule has 0 spiro atoms. The summed E-state index contributed by atoms with van der Waals surface area (Å²) >= 11 is 0. The van der Waals surface area contributed by atoms with Gasteiger partial charge in [-0.1, -0.05) is 0 Å². The van der Waals surface area contributed by atoms with Gasteiger partial charge in [-0.15, -0.1) is 0 Å². The Morgan fingerprint density at radius 2 is 2.11 bits per heavy atom. The van der Waals surface area contributed by atoms with E-state index >= 15 is 0 Å². The average Bonchev–Trinajstić information content (AvgIpc) is 3.12. The average molecular weight is 283 g/mol. The molecule has 0 bridgehead atoms. The molecular formula is C13H21N3O2S. The van der Waals surface area contributed by atoms with Gasteiger partial charge in [-0.3, -0.25) is 0 Å². The number of hydrogen-bond donors (Lipinski definition) is 2. The zero-order valence-electron chi connectivity index (χ0n) is 11.6. The Hall–Kier alpha value is -1.14. The van der Waals surface area contributed by atoms with Crippen molar-refractivity contribution >= 4 is 15.8 Å². The molecule has 0 amide bonds. The fourth-order valence-corrected chi connectivity index (χ4v) is 3.80. The lowest BCUT2D eigenvalue weighted by atomic mass is 10.0. The summed E-state index contributed by atoms with van der Waals surface area (Å²) in [5.74, 6) is 0.839. The number of hydrogen-bond acceptors (Lipinski definition) is 4. The predicted molar refractivity (Wildman–Crippen MR) is 75.5 cm³/mol. The zero-order valence-corrected chi connectivity index (χ0v) is 12.4. The third-order valence-electron chi connectivity index (χ3n) is 3.40. The van der Waals surface area contributed by atoms with Gasteiger partial charge in [0.25, 0.3) is 0 Å². The molecule has 1 aromatic rings. The fraction of sp³-hybridized carbons (Fsp3) is 0.615. The number of anilines is 1. The van der Waals surface area contributed by atoms with Gasteiger partial charge < -0.3 is 5.32 Å². The van der Waals surface area contributed by atoms with E-state index in [1.54, 1.807) is 18.3 Å². The van der Waals surface area contributed by atoms with Crippen LogP contribution in [-0.2, 0) is 10.0 Å². The van der Waals surface area contributed by atoms with Crippen molar-refractivity contribution in [3.63, 3.8) is 0 Å². The van der Waals surface area contributed by atoms with Crippen LogP contribution in [0.25, 0.3) is 0 Å². The maximum atomic E-state index is 12.5. The van der Waals surface area contributed by atoms with Gasteiger partial charge in [0.2, 0.25) is 10.0 Å². The molecule has 0 radical (unpaired) electrons. The first kappa shape index (κ1) is 14.3. The molecule has 0 aliphatic heterocycles. The smallest absolute Gasteiger partial charge is 0.244 e. The van der Waals surface area contributed by atoms with Gasteiger partial charge in [0.15, 0.2) is 0 Å². The van der Waals surface area contributed by atoms with E-state index in [4.69, 9.17) is 0 Å². The van der Waals surface area contributed by atoms with Gasteiger partial charge in [0.1, 0.15) is 10.7 Å². The van der Waals surface area contributed by atoms with Crippen LogP contribution in [0.4, 0.5) is 5.82 Å². The molecule has 1 fully saturated rings. The number of aromatic nitrogens is 1. The molecule has 0 atom stereocenters. The van der Waals surface area contributed by atoms with E-state index in [9.17, 15) is 8.42 Å². The van der Waals surface area contributed by atoms with Crippen molar-refractivity contribution in [2.45, 2.75) is 44.0 Å². The standard InChI is InChI=1S/C13H21N3O2S/c1-4-14-12-11(6-5-9-15-12)19(17,18)16-13(2,3)10-7-8-10/h5-6,9-10,16H,4,7-8H2,1-3H3,(H,14,15). The van der Waals surface area contributed by atoms with Crippen LogP contribution in [0.5, 0.6) is 0 Å². The zero-order chi connectivity index (χ0) is 14.1. The second-order valence-corrected chi connectivity index (χ2v) is 7.13. The first-order valence-corrected chi connectivity index (χ1v) is 8.08. The number of rotatable bonds is 6. The van der Waals surface area contributed by atoms with E-state index < -0.39 is 15.6 Å². The van der Waals surface area contributed by atoms with Gasteiger partial charge in [-0.2, -0.15) is 0 Å². The summed E-state index contributed by atoms with van der Waals surface area (Å²) in [6, 6.07) is 3.22. The summed E-state index contributed by atoms with van der Waals surface area (Å²) in [6.07, 6.45) is 3.76. The van der Waals surface area contributed by atoms with Crippen molar-refractivity contribution in [3.05, 3.63) is 18.3 Å². The Kier molecular flexibility index (Phi) is 3.82. The third kappa shape index (κ3) is 3.25. The van der Waals surface area contributed by atoms with Crippen LogP contribution in [-0.4, -0.2) is 25.5 Å². The second-order valence-electron chi connectivity index (χ2n) is 5.48. The molecule has 2 rings (SSSR count). The molecule has 1 aliphatic rings. The molecule has 106 valence electrons. The van der Waals surface area contributed by atoms with Crippen molar-refractivity contribution in [3.8, 4) is 0 Å². The Morgan fingerprint density at radius 3 is 2.68 bits per heavy atom. The van der Waals surface area contributed by atoms with Crippen molar-refractivity contribution in [1.29, 1.82) is 0 Å². The molecule has 1 aliphatic carbocycles. The van der Waals surface area contributed by atoms with Gasteiger partial charge in [-0.25, -0.2) is 18.1 Å². The first-order chi connectivity index (χ1) is 8.87. The lowest BCUT2D eigenvalue weighted by Gasteiger charge is -2.26. The minimum Gasteiger partial charge on any atom is -0.369 e. The molecule has 1 heterocycles. The lowest BCUT2D eigenvalue weighted by molar-refractivity contribution is 0.400. The van der Waals surface area contributed by atoms with Gasteiger partial charge in [0.05, 0.1) is 0 Å². The second kappa shape index (κ2) is 5.09. The summed E-state index contributed by atoms with van der Waals surface area (Å²) in [4.78, 5) is 4.31. The highest BCUT2D eigenvalue weighted by Gasteiger charge is 2.41. The largest absolute Gasteiger partial charge is 0.369 e. The topological polar surface area (TPSA) is 71.1 Å². The van der Waals surface area contributed by atoms with Crippen LogP contribution in [0.2, 0.25) is 0 Å². The minimum atomic E-state index is -3.55. The monoisotopic (exact) mass is 283 g/mol. The molecule has 0 saturated heterocycles. The summed E-state index contributed by atoms with van der Waals surface area (Å²) < 4.78 is 27.8. The highest BCUT2D eigenvalue weighted by molar-refractivity contribution is 7.89. The van der Waals surface area contributed by atoms with Crippen molar-refractivity contribution < 1.29 is 8.42 Å². The maximum absolute atomic E-state index is 12.5. The normalized spacial score (nSPS) is 16.4. The van der Waals surface area contributed by atoms with E-state index in [1.807, 2.05) is 20.8 Å². The van der Waals surface area contributed by atoms with Gasteiger partial charge >= 0.3 is 0 Å². The fourth-order valence-electron chi connectivity index (χ4n) is 2.20. The number of pyridine rings is 1. The van der Waals surface area contributed by atoms with Crippen molar-refractivity contribution in [2.75, 3.05) is 11.9 Å². The summed E-state index contributed by atoms with van der Waals surface area (Å²) in [7, 11) is -3.55. The third-order valence-corrected chi connectivity index (χ3v) is 5.10. The quantitative estimate of drug-likeness (QED) is 0.837. The van der Waals surface area contributed by atoms with Crippen molar-refractivity contribution in [2.24, 2.45) is 5.92 Å². The highest BCUT2D eigenvalue weighted by Crippen LogP contribution is 2.40. The molecule has 1 aromatic heterocycles. The molecule has 0 aromatic carbocycles. The van der Waals surface area contributed by atoms with E-state index in [0.717, 1.165) is 12.8 Å². The molecule has 5 nitrogen and oxygen atoms in total. The van der Waals surface area contributed by atoms with Crippen molar-refractivity contribution in [1.82, 2.24) is 9.71 Å². The number of nitrogens with one attached hydrogen (secondary N) is 2.